The lowest BCUT2D eigenvalue weighted by molar-refractivity contribution is -0.188. The Morgan fingerprint density at radius 1 is 1.00 bits per heavy atom. The molecule has 5 atom stereocenters. The van der Waals surface area contributed by atoms with Crippen molar-refractivity contribution in [2.45, 2.75) is 134 Å². The minimum atomic E-state index is -3.55. The molecule has 0 unspecified atom stereocenters. The molecule has 1 aliphatic heterocycles. The van der Waals surface area contributed by atoms with Crippen LogP contribution in [0.25, 0.3) is 0 Å². The molecule has 37 heavy (non-hydrogen) atoms. The van der Waals surface area contributed by atoms with Gasteiger partial charge in [-0.05, 0) is 62.4 Å². The van der Waals surface area contributed by atoms with Crippen LogP contribution in [0.4, 0.5) is 0 Å². The number of carbonyl (C=O) groups excluding carboxylic acids is 1. The van der Waals surface area contributed by atoms with Gasteiger partial charge in [0, 0.05) is 31.0 Å². The van der Waals surface area contributed by atoms with Gasteiger partial charge in [-0.25, -0.2) is 13.2 Å². The highest BCUT2D eigenvalue weighted by atomic mass is 32.2. The monoisotopic (exact) mass is 537 g/mol. The smallest absolute Gasteiger partial charge is 0.336 e. The molecule has 0 aromatic carbocycles. The number of hydrogen-bond acceptors (Lipinski definition) is 6. The van der Waals surface area contributed by atoms with E-state index in [4.69, 9.17) is 14.2 Å². The number of carbonyl (C=O) groups is 1. The third-order valence-electron chi connectivity index (χ3n) is 10.7. The fourth-order valence-electron chi connectivity index (χ4n) is 8.41. The number of hydrogen-bond donors (Lipinski definition) is 0. The zero-order valence-corrected chi connectivity index (χ0v) is 23.8. The lowest BCUT2D eigenvalue weighted by atomic mass is 9.69. The summed E-state index contributed by atoms with van der Waals surface area (Å²) in [4.78, 5) is 13.2. The van der Waals surface area contributed by atoms with Crippen LogP contribution in [0.2, 0.25) is 0 Å². The Kier molecular flexibility index (Phi) is 8.13. The van der Waals surface area contributed by atoms with E-state index >= 15 is 0 Å². The molecule has 4 fully saturated rings. The number of rotatable bonds is 8. The predicted octanol–water partition coefficient (Wildman–Crippen LogP) is 5.34. The van der Waals surface area contributed by atoms with E-state index in [0.717, 1.165) is 70.6 Å². The van der Waals surface area contributed by atoms with E-state index in [2.05, 4.69) is 13.8 Å². The summed E-state index contributed by atoms with van der Waals surface area (Å²) in [6.45, 7) is 4.42. The normalized spacial score (nSPS) is 36.8. The first-order valence-corrected chi connectivity index (χ1v) is 16.4. The molecule has 0 saturated heterocycles. The first-order chi connectivity index (χ1) is 17.7. The van der Waals surface area contributed by atoms with Gasteiger partial charge in [0.05, 0.1) is 5.75 Å². The second kappa shape index (κ2) is 10.9. The van der Waals surface area contributed by atoms with Crippen LogP contribution in [-0.2, 0) is 29.0 Å². The minimum Gasteiger partial charge on any atom is -0.460 e. The molecule has 2 bridgehead atoms. The van der Waals surface area contributed by atoms with Crippen LogP contribution in [0, 0.1) is 16.7 Å². The van der Waals surface area contributed by atoms with Crippen molar-refractivity contribution in [3.63, 3.8) is 0 Å². The van der Waals surface area contributed by atoms with Crippen LogP contribution in [0.1, 0.15) is 104 Å². The van der Waals surface area contributed by atoms with Crippen molar-refractivity contribution in [1.29, 1.82) is 0 Å². The summed E-state index contributed by atoms with van der Waals surface area (Å²) in [5.41, 5.74) is -0.781. The van der Waals surface area contributed by atoms with Crippen LogP contribution < -0.4 is 0 Å². The third kappa shape index (κ3) is 5.17. The van der Waals surface area contributed by atoms with Gasteiger partial charge in [0.25, 0.3) is 0 Å². The van der Waals surface area contributed by atoms with Gasteiger partial charge in [0.1, 0.15) is 6.10 Å². The number of nitrogens with zero attached hydrogens (tertiary/aromatic N) is 1. The fraction of sp³-hybridized carbons (Fsp3) is 0.897. The van der Waals surface area contributed by atoms with Crippen LogP contribution in [0.3, 0.4) is 0 Å². The SMILES string of the molecule is CO[C@@H]1C=CC[C@H](C(=O)O[C@@H]2C[C@H]3CC[C@]2(CS(=O)(=O)N(C2CCCCC2)C2CCCCC2)C3(C)C)O1. The maximum absolute atomic E-state index is 14.5. The lowest BCUT2D eigenvalue weighted by Gasteiger charge is -2.46. The van der Waals surface area contributed by atoms with E-state index in [1.165, 1.54) is 12.8 Å². The quantitative estimate of drug-likeness (QED) is 0.307. The molecule has 0 N–H and O–H groups in total. The molecule has 5 aliphatic rings. The number of sulfonamides is 1. The standard InChI is InChI=1S/C29H47NO6S/c1-28(2)21-17-18-29(28,25(19-21)36-27(31)24-15-10-16-26(34-3)35-24)20-37(32,33)30(22-11-6-4-7-12-22)23-13-8-5-9-14-23/h10,16,21-26H,4-9,11-15,17-20H2,1-3H3/t21-,24-,25-,26+,29-/m1/s1. The molecule has 210 valence electrons. The van der Waals surface area contributed by atoms with Crippen molar-refractivity contribution >= 4 is 16.0 Å². The summed E-state index contributed by atoms with van der Waals surface area (Å²) in [6.07, 6.45) is 15.7. The summed E-state index contributed by atoms with van der Waals surface area (Å²) < 4.78 is 48.2. The summed E-state index contributed by atoms with van der Waals surface area (Å²) >= 11 is 0. The van der Waals surface area contributed by atoms with E-state index in [0.29, 0.717) is 12.3 Å². The van der Waals surface area contributed by atoms with Crippen LogP contribution in [-0.4, -0.2) is 62.1 Å². The minimum absolute atomic E-state index is 0.0839. The highest BCUT2D eigenvalue weighted by Crippen LogP contribution is 2.67. The molecule has 4 saturated carbocycles. The van der Waals surface area contributed by atoms with Crippen LogP contribution in [0.5, 0.6) is 0 Å². The zero-order valence-electron chi connectivity index (χ0n) is 23.0. The van der Waals surface area contributed by atoms with Gasteiger partial charge in [0.2, 0.25) is 10.0 Å². The molecular weight excluding hydrogens is 490 g/mol. The predicted molar refractivity (Wildman–Crippen MR) is 142 cm³/mol. The zero-order chi connectivity index (χ0) is 26.3. The first-order valence-electron chi connectivity index (χ1n) is 14.7. The van der Waals surface area contributed by atoms with Gasteiger partial charge in [0.15, 0.2) is 12.4 Å². The van der Waals surface area contributed by atoms with Crippen molar-refractivity contribution in [2.75, 3.05) is 12.9 Å². The molecule has 0 aromatic heterocycles. The Hall–Kier alpha value is -0.960. The van der Waals surface area contributed by atoms with Gasteiger partial charge in [-0.2, -0.15) is 4.31 Å². The maximum atomic E-state index is 14.5. The Labute approximate surface area is 223 Å². The Morgan fingerprint density at radius 3 is 2.19 bits per heavy atom. The molecule has 0 amide bonds. The van der Waals surface area contributed by atoms with Crippen molar-refractivity contribution < 1.29 is 27.4 Å². The highest BCUT2D eigenvalue weighted by molar-refractivity contribution is 7.89. The molecule has 4 aliphatic carbocycles. The highest BCUT2D eigenvalue weighted by Gasteiger charge is 2.67. The third-order valence-corrected chi connectivity index (χ3v) is 12.8. The molecule has 0 aromatic rings. The molecule has 0 radical (unpaired) electrons. The lowest BCUT2D eigenvalue weighted by Crippen LogP contribution is -2.55. The van der Waals surface area contributed by atoms with E-state index in [1.807, 2.05) is 10.4 Å². The van der Waals surface area contributed by atoms with Crippen molar-refractivity contribution in [2.24, 2.45) is 16.7 Å². The van der Waals surface area contributed by atoms with Gasteiger partial charge in [-0.15, -0.1) is 0 Å². The molecule has 7 nitrogen and oxygen atoms in total. The van der Waals surface area contributed by atoms with E-state index < -0.39 is 39.9 Å². The average molecular weight is 538 g/mol. The Bertz CT molecular complexity index is 933. The van der Waals surface area contributed by atoms with Crippen molar-refractivity contribution in [1.82, 2.24) is 4.31 Å². The number of esters is 1. The summed E-state index contributed by atoms with van der Waals surface area (Å²) in [6, 6.07) is 0.240. The Balaban J connectivity index is 1.40. The second-order valence-electron chi connectivity index (χ2n) is 12.8. The molecule has 8 heteroatoms. The van der Waals surface area contributed by atoms with Crippen LogP contribution >= 0.6 is 0 Å². The van der Waals surface area contributed by atoms with E-state index in [-0.39, 0.29) is 23.3 Å². The topological polar surface area (TPSA) is 82.1 Å². The fourth-order valence-corrected chi connectivity index (χ4v) is 11.2. The van der Waals surface area contributed by atoms with Gasteiger partial charge in [-0.3, -0.25) is 0 Å². The molecule has 5 rings (SSSR count). The summed E-state index contributed by atoms with van der Waals surface area (Å²) in [7, 11) is -2.00. The average Bonchev–Trinajstić information content (AvgIpc) is 3.24. The maximum Gasteiger partial charge on any atom is 0.336 e. The van der Waals surface area contributed by atoms with Crippen molar-refractivity contribution in [3.05, 3.63) is 12.2 Å². The van der Waals surface area contributed by atoms with E-state index in [9.17, 15) is 13.2 Å². The number of fused-ring (bicyclic) bond motifs is 2. The second-order valence-corrected chi connectivity index (χ2v) is 14.7. The van der Waals surface area contributed by atoms with Gasteiger partial charge >= 0.3 is 5.97 Å². The molecule has 1 heterocycles. The van der Waals surface area contributed by atoms with Crippen molar-refractivity contribution in [3.8, 4) is 0 Å². The van der Waals surface area contributed by atoms with E-state index in [1.54, 1.807) is 13.2 Å². The van der Waals surface area contributed by atoms with Gasteiger partial charge in [-0.1, -0.05) is 58.4 Å². The Morgan fingerprint density at radius 2 is 1.62 bits per heavy atom. The number of methoxy groups -OCH3 is 1. The van der Waals surface area contributed by atoms with Gasteiger partial charge < -0.3 is 14.2 Å². The molecular formula is C29H47NO6S. The molecule has 0 spiro atoms. The van der Waals surface area contributed by atoms with Crippen LogP contribution in [0.15, 0.2) is 12.2 Å². The number of ether oxygens (including phenoxy) is 3. The first kappa shape index (κ1) is 27.6. The summed E-state index contributed by atoms with van der Waals surface area (Å²) in [5, 5.41) is 0. The summed E-state index contributed by atoms with van der Waals surface area (Å²) in [5.74, 6) is 0.0470. The largest absolute Gasteiger partial charge is 0.460 e.